The number of hydrogen-bond donors (Lipinski definition) is 0. The van der Waals surface area contributed by atoms with Gasteiger partial charge in [0.25, 0.3) is 0 Å². The maximum Gasteiger partial charge on any atom is 0.135 e. The summed E-state index contributed by atoms with van der Waals surface area (Å²) in [5.41, 5.74) is 1.31. The van der Waals surface area contributed by atoms with Crippen LogP contribution in [0.25, 0.3) is 0 Å². The van der Waals surface area contributed by atoms with Crippen LogP contribution >= 0.6 is 22.6 Å². The first-order valence-electron chi connectivity index (χ1n) is 5.68. The largest absolute Gasteiger partial charge is 0.490 e. The summed E-state index contributed by atoms with van der Waals surface area (Å²) in [7, 11) is 1.69. The first-order valence-corrected chi connectivity index (χ1v) is 6.76. The summed E-state index contributed by atoms with van der Waals surface area (Å²) < 4.78 is 12.0. The van der Waals surface area contributed by atoms with Crippen LogP contribution in [0.2, 0.25) is 0 Å². The molecule has 2 nitrogen and oxygen atoms in total. The van der Waals surface area contributed by atoms with E-state index in [0.29, 0.717) is 13.2 Å². The second-order valence-corrected chi connectivity index (χ2v) is 4.84. The first kappa shape index (κ1) is 13.8. The van der Waals surface area contributed by atoms with Gasteiger partial charge in [0, 0.05) is 7.11 Å². The minimum absolute atomic E-state index is 0.621. The van der Waals surface area contributed by atoms with E-state index in [9.17, 15) is 0 Å². The number of ether oxygens (including phenoxy) is 2. The number of hydrogen-bond acceptors (Lipinski definition) is 2. The highest BCUT2D eigenvalue weighted by molar-refractivity contribution is 14.1. The van der Waals surface area contributed by atoms with Crippen LogP contribution in [0.5, 0.6) is 5.75 Å². The molecular weight excluding hydrogens is 315 g/mol. The van der Waals surface area contributed by atoms with Gasteiger partial charge in [0.05, 0.1) is 10.2 Å². The fourth-order valence-electron chi connectivity index (χ4n) is 1.51. The summed E-state index contributed by atoms with van der Waals surface area (Å²) in [6.45, 7) is 3.47. The average molecular weight is 334 g/mol. The van der Waals surface area contributed by atoms with Gasteiger partial charge >= 0.3 is 0 Å². The van der Waals surface area contributed by atoms with Crippen LogP contribution in [0.15, 0.2) is 18.2 Å². The molecule has 1 rings (SSSR count). The second-order valence-electron chi connectivity index (χ2n) is 3.67. The lowest BCUT2D eigenvalue weighted by molar-refractivity contribution is 0.145. The second kappa shape index (κ2) is 7.90. The van der Waals surface area contributed by atoms with Gasteiger partial charge in [-0.1, -0.05) is 25.5 Å². The molecule has 1 aromatic carbocycles. The van der Waals surface area contributed by atoms with Crippen LogP contribution < -0.4 is 4.74 Å². The number of rotatable bonds is 7. The lowest BCUT2D eigenvalue weighted by Gasteiger charge is -2.12. The molecule has 0 aliphatic heterocycles. The third kappa shape index (κ3) is 4.29. The minimum Gasteiger partial charge on any atom is -0.490 e. The van der Waals surface area contributed by atoms with E-state index in [2.05, 4.69) is 47.7 Å². The van der Waals surface area contributed by atoms with Crippen LogP contribution in [0, 0.1) is 3.57 Å². The topological polar surface area (TPSA) is 18.5 Å². The zero-order chi connectivity index (χ0) is 11.8. The van der Waals surface area contributed by atoms with Crippen molar-refractivity contribution in [3.05, 3.63) is 27.3 Å². The van der Waals surface area contributed by atoms with Crippen molar-refractivity contribution in [2.75, 3.05) is 20.3 Å². The number of aryl methyl sites for hydroxylation is 1. The van der Waals surface area contributed by atoms with Crippen molar-refractivity contribution < 1.29 is 9.47 Å². The molecule has 0 spiro atoms. The maximum absolute atomic E-state index is 5.77. The predicted molar refractivity (Wildman–Crippen MR) is 75.1 cm³/mol. The number of methoxy groups -OCH3 is 1. The van der Waals surface area contributed by atoms with E-state index in [0.717, 1.165) is 12.2 Å². The van der Waals surface area contributed by atoms with Gasteiger partial charge in [0.1, 0.15) is 12.4 Å². The van der Waals surface area contributed by atoms with Crippen molar-refractivity contribution in [1.29, 1.82) is 0 Å². The van der Waals surface area contributed by atoms with Crippen molar-refractivity contribution >= 4 is 22.6 Å². The lowest BCUT2D eigenvalue weighted by Crippen LogP contribution is -2.07. The van der Waals surface area contributed by atoms with Gasteiger partial charge < -0.3 is 9.47 Å². The van der Waals surface area contributed by atoms with Crippen LogP contribution in [0.4, 0.5) is 0 Å². The summed E-state index contributed by atoms with van der Waals surface area (Å²) in [4.78, 5) is 0. The standard InChI is InChI=1S/C13H19IO2/c1-3-4-6-11-7-5-8-12(14)13(11)16-10-9-15-2/h5,7-8H,3-4,6,9-10H2,1-2H3. The summed E-state index contributed by atoms with van der Waals surface area (Å²) >= 11 is 2.32. The molecule has 0 atom stereocenters. The number of para-hydroxylation sites is 1. The quantitative estimate of drug-likeness (QED) is 0.560. The fraction of sp³-hybridized carbons (Fsp3) is 0.538. The predicted octanol–water partition coefficient (Wildman–Crippen LogP) is 3.66. The fourth-order valence-corrected chi connectivity index (χ4v) is 2.22. The molecule has 0 saturated heterocycles. The van der Waals surface area contributed by atoms with E-state index >= 15 is 0 Å². The zero-order valence-corrected chi connectivity index (χ0v) is 12.1. The highest BCUT2D eigenvalue weighted by Gasteiger charge is 2.07. The first-order chi connectivity index (χ1) is 7.79. The highest BCUT2D eigenvalue weighted by Crippen LogP contribution is 2.27. The van der Waals surface area contributed by atoms with Gasteiger partial charge in [0.2, 0.25) is 0 Å². The molecule has 0 unspecified atom stereocenters. The summed E-state index contributed by atoms with van der Waals surface area (Å²) in [5, 5.41) is 0. The van der Waals surface area contributed by atoms with Crippen LogP contribution in [0.1, 0.15) is 25.3 Å². The smallest absolute Gasteiger partial charge is 0.135 e. The molecule has 0 saturated carbocycles. The molecule has 16 heavy (non-hydrogen) atoms. The Morgan fingerprint density at radius 1 is 1.25 bits per heavy atom. The molecule has 90 valence electrons. The van der Waals surface area contributed by atoms with Crippen LogP contribution in [0.3, 0.4) is 0 Å². The summed E-state index contributed by atoms with van der Waals surface area (Å²) in [5.74, 6) is 1.04. The van der Waals surface area contributed by atoms with E-state index in [-0.39, 0.29) is 0 Å². The van der Waals surface area contributed by atoms with Crippen molar-refractivity contribution in [1.82, 2.24) is 0 Å². The van der Waals surface area contributed by atoms with E-state index in [4.69, 9.17) is 9.47 Å². The van der Waals surface area contributed by atoms with Crippen molar-refractivity contribution in [2.45, 2.75) is 26.2 Å². The number of halogens is 1. The molecule has 0 aliphatic rings. The Labute approximate surface area is 111 Å². The van der Waals surface area contributed by atoms with Crippen molar-refractivity contribution in [2.24, 2.45) is 0 Å². The molecule has 0 radical (unpaired) electrons. The van der Waals surface area contributed by atoms with E-state index in [1.54, 1.807) is 7.11 Å². The molecule has 0 amide bonds. The molecule has 0 aliphatic carbocycles. The van der Waals surface area contributed by atoms with E-state index in [1.807, 2.05) is 0 Å². The van der Waals surface area contributed by atoms with Gasteiger partial charge in [-0.05, 0) is 47.1 Å². The minimum atomic E-state index is 0.621. The normalized spacial score (nSPS) is 10.4. The highest BCUT2D eigenvalue weighted by atomic mass is 127. The molecule has 0 aromatic heterocycles. The number of unbranched alkanes of at least 4 members (excludes halogenated alkanes) is 1. The lowest BCUT2D eigenvalue weighted by atomic mass is 10.1. The zero-order valence-electron chi connectivity index (χ0n) is 9.96. The monoisotopic (exact) mass is 334 g/mol. The third-order valence-corrected chi connectivity index (χ3v) is 3.23. The molecule has 0 heterocycles. The molecule has 0 N–H and O–H groups in total. The molecule has 1 aromatic rings. The van der Waals surface area contributed by atoms with Gasteiger partial charge in [-0.25, -0.2) is 0 Å². The maximum atomic E-state index is 5.77. The molecular formula is C13H19IO2. The van der Waals surface area contributed by atoms with Crippen LogP contribution in [-0.4, -0.2) is 20.3 Å². The van der Waals surface area contributed by atoms with Crippen molar-refractivity contribution in [3.63, 3.8) is 0 Å². The summed E-state index contributed by atoms with van der Waals surface area (Å²) in [6.07, 6.45) is 3.51. The van der Waals surface area contributed by atoms with Crippen molar-refractivity contribution in [3.8, 4) is 5.75 Å². The van der Waals surface area contributed by atoms with Gasteiger partial charge in [-0.2, -0.15) is 0 Å². The van der Waals surface area contributed by atoms with E-state index in [1.165, 1.54) is 22.0 Å². The number of benzene rings is 1. The molecule has 3 heteroatoms. The van der Waals surface area contributed by atoms with Gasteiger partial charge in [0.15, 0.2) is 0 Å². The Balaban J connectivity index is 2.69. The van der Waals surface area contributed by atoms with Gasteiger partial charge in [-0.3, -0.25) is 0 Å². The SMILES string of the molecule is CCCCc1cccc(I)c1OCCOC. The Morgan fingerprint density at radius 2 is 2.06 bits per heavy atom. The molecule has 0 bridgehead atoms. The Morgan fingerprint density at radius 3 is 2.75 bits per heavy atom. The molecule has 0 fully saturated rings. The van der Waals surface area contributed by atoms with Gasteiger partial charge in [-0.15, -0.1) is 0 Å². The van der Waals surface area contributed by atoms with Crippen LogP contribution in [-0.2, 0) is 11.2 Å². The Bertz CT molecular complexity index is 313. The Kier molecular flexibility index (Phi) is 6.80. The summed E-state index contributed by atoms with van der Waals surface area (Å²) in [6, 6.07) is 6.33. The van der Waals surface area contributed by atoms with E-state index < -0.39 is 0 Å². The Hall–Kier alpha value is -0.290. The third-order valence-electron chi connectivity index (χ3n) is 2.38. The average Bonchev–Trinajstić information content (AvgIpc) is 2.29.